The summed E-state index contributed by atoms with van der Waals surface area (Å²) in [5, 5.41) is 21.1. The molecule has 1 aromatic rings. The summed E-state index contributed by atoms with van der Waals surface area (Å²) in [6.07, 6.45) is 1.09. The predicted molar refractivity (Wildman–Crippen MR) is 90.0 cm³/mol. The molecule has 5 nitrogen and oxygen atoms in total. The van der Waals surface area contributed by atoms with Crippen LogP contribution in [0.4, 0.5) is 0 Å². The Morgan fingerprint density at radius 1 is 1.46 bits per heavy atom. The molecule has 5 heteroatoms. The number of ketones is 1. The van der Waals surface area contributed by atoms with Crippen molar-refractivity contribution in [3.05, 3.63) is 17.2 Å². The third-order valence-corrected chi connectivity index (χ3v) is 5.65. The van der Waals surface area contributed by atoms with Crippen molar-refractivity contribution < 1.29 is 24.5 Å². The van der Waals surface area contributed by atoms with E-state index in [9.17, 15) is 15.0 Å². The standard InChI is InChI=1S/C19H26O5/c1-9(2)11-6-7-19(4,22)18-15(11)16-13(23-5)8-12(21)14(10(3)20)17(16)24-18/h8-9,11,15,18,21-22H,6-7H2,1-5H3/t11-,15+,18-,19-/m1/s1. The molecular formula is C19H26O5. The van der Waals surface area contributed by atoms with Gasteiger partial charge in [-0.25, -0.2) is 0 Å². The van der Waals surface area contributed by atoms with Gasteiger partial charge in [0.15, 0.2) is 5.78 Å². The first kappa shape index (κ1) is 17.1. The molecule has 0 radical (unpaired) electrons. The molecule has 132 valence electrons. The first-order chi connectivity index (χ1) is 11.2. The molecule has 1 saturated carbocycles. The number of carbonyl (C=O) groups is 1. The van der Waals surface area contributed by atoms with Gasteiger partial charge in [0.05, 0.1) is 12.7 Å². The van der Waals surface area contributed by atoms with Crippen LogP contribution in [-0.2, 0) is 0 Å². The third kappa shape index (κ3) is 2.37. The maximum absolute atomic E-state index is 12.1. The second-order valence-corrected chi connectivity index (χ2v) is 7.64. The van der Waals surface area contributed by atoms with E-state index in [-0.39, 0.29) is 23.0 Å². The highest BCUT2D eigenvalue weighted by Crippen LogP contribution is 2.58. The number of aromatic hydroxyl groups is 1. The van der Waals surface area contributed by atoms with Gasteiger partial charge in [-0.3, -0.25) is 4.79 Å². The van der Waals surface area contributed by atoms with E-state index in [0.29, 0.717) is 29.8 Å². The van der Waals surface area contributed by atoms with E-state index in [0.717, 1.165) is 12.0 Å². The number of hydrogen-bond acceptors (Lipinski definition) is 5. The molecule has 1 aromatic carbocycles. The molecule has 0 aromatic heterocycles. The number of phenolic OH excluding ortho intramolecular Hbond substituents is 1. The number of hydrogen-bond donors (Lipinski definition) is 2. The van der Waals surface area contributed by atoms with Gasteiger partial charge in [0.25, 0.3) is 0 Å². The molecule has 0 unspecified atom stereocenters. The summed E-state index contributed by atoms with van der Waals surface area (Å²) in [6.45, 7) is 7.52. The molecule has 1 fully saturated rings. The van der Waals surface area contributed by atoms with Crippen LogP contribution in [0.5, 0.6) is 17.2 Å². The topological polar surface area (TPSA) is 76.0 Å². The van der Waals surface area contributed by atoms with Crippen LogP contribution >= 0.6 is 0 Å². The smallest absolute Gasteiger partial charge is 0.167 e. The van der Waals surface area contributed by atoms with Crippen LogP contribution in [0.15, 0.2) is 6.07 Å². The van der Waals surface area contributed by atoms with Gasteiger partial charge < -0.3 is 19.7 Å². The molecule has 2 aliphatic rings. The fraction of sp³-hybridized carbons (Fsp3) is 0.632. The van der Waals surface area contributed by atoms with Crippen LogP contribution in [0.1, 0.15) is 62.4 Å². The lowest BCUT2D eigenvalue weighted by Crippen LogP contribution is -2.51. The van der Waals surface area contributed by atoms with E-state index >= 15 is 0 Å². The van der Waals surface area contributed by atoms with Crippen molar-refractivity contribution in [1.82, 2.24) is 0 Å². The molecule has 3 rings (SSSR count). The van der Waals surface area contributed by atoms with Gasteiger partial charge in [-0.05, 0) is 38.5 Å². The lowest BCUT2D eigenvalue weighted by Gasteiger charge is -2.44. The van der Waals surface area contributed by atoms with E-state index in [1.165, 1.54) is 13.0 Å². The Balaban J connectivity index is 2.25. The van der Waals surface area contributed by atoms with Crippen molar-refractivity contribution in [2.24, 2.45) is 11.8 Å². The molecule has 1 heterocycles. The molecule has 0 spiro atoms. The molecule has 4 atom stereocenters. The number of benzene rings is 1. The van der Waals surface area contributed by atoms with E-state index in [4.69, 9.17) is 9.47 Å². The molecule has 1 aliphatic heterocycles. The van der Waals surface area contributed by atoms with Crippen molar-refractivity contribution >= 4 is 5.78 Å². The van der Waals surface area contributed by atoms with E-state index < -0.39 is 11.7 Å². The highest BCUT2D eigenvalue weighted by atomic mass is 16.5. The van der Waals surface area contributed by atoms with Gasteiger partial charge in [0, 0.05) is 17.5 Å². The fourth-order valence-corrected chi connectivity index (χ4v) is 4.42. The molecule has 2 N–H and O–H groups in total. The molecule has 24 heavy (non-hydrogen) atoms. The minimum absolute atomic E-state index is 0.0580. The van der Waals surface area contributed by atoms with Crippen LogP contribution in [0, 0.1) is 11.8 Å². The normalized spacial score (nSPS) is 31.4. The van der Waals surface area contributed by atoms with Gasteiger partial charge >= 0.3 is 0 Å². The van der Waals surface area contributed by atoms with Crippen molar-refractivity contribution in [3.63, 3.8) is 0 Å². The fourth-order valence-electron chi connectivity index (χ4n) is 4.42. The number of Topliss-reactive ketones (excluding diaryl/α,β-unsaturated/α-hetero) is 1. The molecule has 0 amide bonds. The lowest BCUT2D eigenvalue weighted by atomic mass is 9.65. The Morgan fingerprint density at radius 3 is 2.67 bits per heavy atom. The minimum Gasteiger partial charge on any atom is -0.507 e. The van der Waals surface area contributed by atoms with Crippen LogP contribution in [-0.4, -0.2) is 34.8 Å². The van der Waals surface area contributed by atoms with Crippen LogP contribution in [0.25, 0.3) is 0 Å². The monoisotopic (exact) mass is 334 g/mol. The number of aliphatic hydroxyl groups is 1. The van der Waals surface area contributed by atoms with Crippen LogP contribution in [0.3, 0.4) is 0 Å². The van der Waals surface area contributed by atoms with Crippen LogP contribution < -0.4 is 9.47 Å². The van der Waals surface area contributed by atoms with Gasteiger partial charge in [0.1, 0.15) is 28.9 Å². The Labute approximate surface area is 142 Å². The van der Waals surface area contributed by atoms with Crippen molar-refractivity contribution in [2.75, 3.05) is 7.11 Å². The molecule has 0 bridgehead atoms. The van der Waals surface area contributed by atoms with Crippen molar-refractivity contribution in [3.8, 4) is 17.2 Å². The quantitative estimate of drug-likeness (QED) is 0.830. The average Bonchev–Trinajstić information content (AvgIpc) is 2.86. The van der Waals surface area contributed by atoms with Crippen LogP contribution in [0.2, 0.25) is 0 Å². The second-order valence-electron chi connectivity index (χ2n) is 7.64. The summed E-state index contributed by atoms with van der Waals surface area (Å²) in [4.78, 5) is 12.1. The Bertz CT molecular complexity index is 677. The third-order valence-electron chi connectivity index (χ3n) is 5.65. The number of phenols is 1. The summed E-state index contributed by atoms with van der Waals surface area (Å²) in [6, 6.07) is 1.49. The van der Waals surface area contributed by atoms with Gasteiger partial charge in [-0.15, -0.1) is 0 Å². The number of fused-ring (bicyclic) bond motifs is 3. The van der Waals surface area contributed by atoms with Gasteiger partial charge in [-0.1, -0.05) is 13.8 Å². The predicted octanol–water partition coefficient (Wildman–Crippen LogP) is 3.27. The minimum atomic E-state index is -0.982. The maximum atomic E-state index is 12.1. The summed E-state index contributed by atoms with van der Waals surface area (Å²) in [5.41, 5.74) is 0.00622. The number of methoxy groups -OCH3 is 1. The summed E-state index contributed by atoms with van der Waals surface area (Å²) < 4.78 is 11.6. The summed E-state index contributed by atoms with van der Waals surface area (Å²) in [5.74, 6) is 1.16. The van der Waals surface area contributed by atoms with E-state index in [1.54, 1.807) is 14.0 Å². The first-order valence-corrected chi connectivity index (χ1v) is 8.52. The molecular weight excluding hydrogens is 308 g/mol. The Kier molecular flexibility index (Phi) is 4.03. The van der Waals surface area contributed by atoms with Gasteiger partial charge in [-0.2, -0.15) is 0 Å². The first-order valence-electron chi connectivity index (χ1n) is 8.52. The Morgan fingerprint density at radius 2 is 2.12 bits per heavy atom. The SMILES string of the molecule is COc1cc(O)c(C(C)=O)c2c1[C@@H]1[C@@H](C(C)C)CC[C@@](C)(O)[C@@H]1O2. The molecule has 1 aliphatic carbocycles. The zero-order chi connectivity index (χ0) is 17.8. The number of rotatable bonds is 3. The average molecular weight is 334 g/mol. The Hall–Kier alpha value is -1.75. The van der Waals surface area contributed by atoms with E-state index in [2.05, 4.69) is 13.8 Å². The van der Waals surface area contributed by atoms with Crippen molar-refractivity contribution in [2.45, 2.75) is 58.2 Å². The zero-order valence-corrected chi connectivity index (χ0v) is 14.9. The second kappa shape index (κ2) is 5.66. The number of ether oxygens (including phenoxy) is 2. The van der Waals surface area contributed by atoms with E-state index in [1.807, 2.05) is 0 Å². The number of carbonyl (C=O) groups excluding carboxylic acids is 1. The van der Waals surface area contributed by atoms with Gasteiger partial charge in [0.2, 0.25) is 0 Å². The lowest BCUT2D eigenvalue weighted by molar-refractivity contribution is -0.0919. The largest absolute Gasteiger partial charge is 0.507 e. The van der Waals surface area contributed by atoms with Crippen molar-refractivity contribution in [1.29, 1.82) is 0 Å². The highest BCUT2D eigenvalue weighted by molar-refractivity contribution is 6.00. The molecule has 0 saturated heterocycles. The highest BCUT2D eigenvalue weighted by Gasteiger charge is 2.55. The maximum Gasteiger partial charge on any atom is 0.167 e. The zero-order valence-electron chi connectivity index (χ0n) is 14.9. The summed E-state index contributed by atoms with van der Waals surface area (Å²) >= 11 is 0. The summed E-state index contributed by atoms with van der Waals surface area (Å²) in [7, 11) is 1.54.